The van der Waals surface area contributed by atoms with Crippen molar-refractivity contribution in [1.29, 1.82) is 0 Å². The average molecular weight is 210 g/mol. The van der Waals surface area contributed by atoms with Crippen LogP contribution in [-0.4, -0.2) is 16.6 Å². The molecule has 1 aromatic carbocycles. The molecule has 1 atom stereocenters. The minimum Gasteiger partial charge on any atom is -0.388 e. The molecule has 0 unspecified atom stereocenters. The highest BCUT2D eigenvalue weighted by Crippen LogP contribution is 2.27. The Bertz CT molecular complexity index is 341. The molecule has 15 heavy (non-hydrogen) atoms. The standard InChI is InChI=1S/C10H14N2O3/c11-7-3-6-10(13)8-4-1-2-5-9(8)12(14)15/h1-2,4-5,10,13H,3,6-7,11H2/t10-/m1/s1. The second kappa shape index (κ2) is 5.43. The summed E-state index contributed by atoms with van der Waals surface area (Å²) in [4.78, 5) is 10.2. The topological polar surface area (TPSA) is 89.4 Å². The molecule has 1 aromatic rings. The monoisotopic (exact) mass is 210 g/mol. The Hall–Kier alpha value is -1.46. The summed E-state index contributed by atoms with van der Waals surface area (Å²) in [7, 11) is 0. The smallest absolute Gasteiger partial charge is 0.275 e. The van der Waals surface area contributed by atoms with E-state index in [0.717, 1.165) is 0 Å². The Balaban J connectivity index is 2.87. The van der Waals surface area contributed by atoms with Gasteiger partial charge in [0.1, 0.15) is 0 Å². The average Bonchev–Trinajstić information content (AvgIpc) is 2.25. The molecule has 0 spiro atoms. The summed E-state index contributed by atoms with van der Waals surface area (Å²) >= 11 is 0. The molecule has 0 aliphatic heterocycles. The summed E-state index contributed by atoms with van der Waals surface area (Å²) in [6.07, 6.45) is 0.282. The van der Waals surface area contributed by atoms with Crippen molar-refractivity contribution in [2.75, 3.05) is 6.54 Å². The summed E-state index contributed by atoms with van der Waals surface area (Å²) in [6.45, 7) is 0.470. The van der Waals surface area contributed by atoms with E-state index in [2.05, 4.69) is 0 Å². The van der Waals surface area contributed by atoms with Gasteiger partial charge in [-0.1, -0.05) is 12.1 Å². The van der Waals surface area contributed by atoms with Crippen molar-refractivity contribution < 1.29 is 10.0 Å². The van der Waals surface area contributed by atoms with Crippen LogP contribution in [0.1, 0.15) is 24.5 Å². The highest BCUT2D eigenvalue weighted by molar-refractivity contribution is 5.41. The van der Waals surface area contributed by atoms with Crippen molar-refractivity contribution in [2.24, 2.45) is 5.73 Å². The molecule has 82 valence electrons. The lowest BCUT2D eigenvalue weighted by molar-refractivity contribution is -0.386. The molecule has 0 radical (unpaired) electrons. The highest BCUT2D eigenvalue weighted by atomic mass is 16.6. The van der Waals surface area contributed by atoms with Crippen LogP contribution in [0.15, 0.2) is 24.3 Å². The third-order valence-electron chi connectivity index (χ3n) is 2.17. The highest BCUT2D eigenvalue weighted by Gasteiger charge is 2.18. The summed E-state index contributed by atoms with van der Waals surface area (Å²) in [5, 5.41) is 20.4. The first-order chi connectivity index (χ1) is 7.16. The van der Waals surface area contributed by atoms with Crippen molar-refractivity contribution in [3.05, 3.63) is 39.9 Å². The molecule has 0 saturated heterocycles. The molecular weight excluding hydrogens is 196 g/mol. The first-order valence-corrected chi connectivity index (χ1v) is 4.78. The van der Waals surface area contributed by atoms with Crippen LogP contribution in [0.25, 0.3) is 0 Å². The van der Waals surface area contributed by atoms with Crippen molar-refractivity contribution in [1.82, 2.24) is 0 Å². The molecule has 0 heterocycles. The van der Waals surface area contributed by atoms with Crippen LogP contribution in [-0.2, 0) is 0 Å². The van der Waals surface area contributed by atoms with Crippen LogP contribution in [0, 0.1) is 10.1 Å². The molecule has 5 nitrogen and oxygen atoms in total. The molecule has 0 aromatic heterocycles. The van der Waals surface area contributed by atoms with E-state index in [1.165, 1.54) is 6.07 Å². The molecule has 0 saturated carbocycles. The van der Waals surface area contributed by atoms with Crippen molar-refractivity contribution in [3.63, 3.8) is 0 Å². The van der Waals surface area contributed by atoms with Gasteiger partial charge in [-0.15, -0.1) is 0 Å². The van der Waals surface area contributed by atoms with E-state index in [-0.39, 0.29) is 5.69 Å². The van der Waals surface area contributed by atoms with Gasteiger partial charge in [0.25, 0.3) is 5.69 Å². The SMILES string of the molecule is NCCC[C@@H](O)c1ccccc1[N+](=O)[O-]. The van der Waals surface area contributed by atoms with Crippen molar-refractivity contribution >= 4 is 5.69 Å². The summed E-state index contributed by atoms with van der Waals surface area (Å²) in [5.74, 6) is 0. The number of nitro groups is 1. The first kappa shape index (κ1) is 11.6. The van der Waals surface area contributed by atoms with Gasteiger partial charge in [0, 0.05) is 6.07 Å². The van der Waals surface area contributed by atoms with Crippen LogP contribution in [0.4, 0.5) is 5.69 Å². The molecule has 0 aliphatic rings. The van der Waals surface area contributed by atoms with E-state index in [4.69, 9.17) is 5.73 Å². The van der Waals surface area contributed by atoms with E-state index in [0.29, 0.717) is 24.9 Å². The summed E-state index contributed by atoms with van der Waals surface area (Å²) in [6, 6.07) is 6.21. The third kappa shape index (κ3) is 3.00. The van der Waals surface area contributed by atoms with Crippen LogP contribution in [0.5, 0.6) is 0 Å². The molecule has 1 rings (SSSR count). The van der Waals surface area contributed by atoms with E-state index in [9.17, 15) is 15.2 Å². The van der Waals surface area contributed by atoms with Crippen LogP contribution in [0.3, 0.4) is 0 Å². The number of hydrogen-bond acceptors (Lipinski definition) is 4. The maximum absolute atomic E-state index is 10.7. The Labute approximate surface area is 87.7 Å². The van der Waals surface area contributed by atoms with Gasteiger partial charge in [-0.3, -0.25) is 10.1 Å². The molecule has 3 N–H and O–H groups in total. The number of benzene rings is 1. The molecular formula is C10H14N2O3. The molecule has 5 heteroatoms. The lowest BCUT2D eigenvalue weighted by Gasteiger charge is -2.10. The second-order valence-corrected chi connectivity index (χ2v) is 3.26. The lowest BCUT2D eigenvalue weighted by atomic mass is 10.0. The van der Waals surface area contributed by atoms with Crippen LogP contribution < -0.4 is 5.73 Å². The zero-order chi connectivity index (χ0) is 11.3. The minimum atomic E-state index is -0.810. The van der Waals surface area contributed by atoms with E-state index < -0.39 is 11.0 Å². The number of hydrogen-bond donors (Lipinski definition) is 2. The van der Waals surface area contributed by atoms with Gasteiger partial charge < -0.3 is 10.8 Å². The zero-order valence-corrected chi connectivity index (χ0v) is 8.30. The number of aliphatic hydroxyl groups is 1. The molecule has 0 bridgehead atoms. The van der Waals surface area contributed by atoms with Crippen LogP contribution in [0.2, 0.25) is 0 Å². The lowest BCUT2D eigenvalue weighted by Crippen LogP contribution is -2.05. The van der Waals surface area contributed by atoms with E-state index in [1.807, 2.05) is 0 Å². The fraction of sp³-hybridized carbons (Fsp3) is 0.400. The maximum atomic E-state index is 10.7. The maximum Gasteiger partial charge on any atom is 0.275 e. The Morgan fingerprint density at radius 1 is 1.47 bits per heavy atom. The Morgan fingerprint density at radius 2 is 2.13 bits per heavy atom. The minimum absolute atomic E-state index is 0.0398. The molecule has 0 fully saturated rings. The van der Waals surface area contributed by atoms with Crippen LogP contribution >= 0.6 is 0 Å². The fourth-order valence-corrected chi connectivity index (χ4v) is 1.40. The quantitative estimate of drug-likeness (QED) is 0.567. The fourth-order valence-electron chi connectivity index (χ4n) is 1.40. The second-order valence-electron chi connectivity index (χ2n) is 3.26. The molecule has 0 aliphatic carbocycles. The van der Waals surface area contributed by atoms with E-state index >= 15 is 0 Å². The van der Waals surface area contributed by atoms with Gasteiger partial charge in [0.2, 0.25) is 0 Å². The number of para-hydroxylation sites is 1. The van der Waals surface area contributed by atoms with Gasteiger partial charge >= 0.3 is 0 Å². The Morgan fingerprint density at radius 3 is 2.73 bits per heavy atom. The van der Waals surface area contributed by atoms with Gasteiger partial charge in [-0.05, 0) is 25.5 Å². The zero-order valence-electron chi connectivity index (χ0n) is 8.30. The van der Waals surface area contributed by atoms with Gasteiger partial charge in [-0.25, -0.2) is 0 Å². The predicted molar refractivity (Wildman–Crippen MR) is 56.3 cm³/mol. The summed E-state index contributed by atoms with van der Waals surface area (Å²) in [5.41, 5.74) is 5.63. The first-order valence-electron chi connectivity index (χ1n) is 4.78. The third-order valence-corrected chi connectivity index (χ3v) is 2.17. The largest absolute Gasteiger partial charge is 0.388 e. The van der Waals surface area contributed by atoms with Crippen molar-refractivity contribution in [3.8, 4) is 0 Å². The predicted octanol–water partition coefficient (Wildman–Crippen LogP) is 1.37. The Kier molecular flexibility index (Phi) is 4.20. The van der Waals surface area contributed by atoms with Gasteiger partial charge in [-0.2, -0.15) is 0 Å². The summed E-state index contributed by atoms with van der Waals surface area (Å²) < 4.78 is 0. The van der Waals surface area contributed by atoms with Gasteiger partial charge in [0.05, 0.1) is 16.6 Å². The normalized spacial score (nSPS) is 12.4. The molecule has 0 amide bonds. The number of aliphatic hydroxyl groups excluding tert-OH is 1. The number of rotatable bonds is 5. The number of nitrogens with zero attached hydrogens (tertiary/aromatic N) is 1. The number of nitro benzene ring substituents is 1. The number of nitrogens with two attached hydrogens (primary N) is 1. The van der Waals surface area contributed by atoms with Crippen molar-refractivity contribution in [2.45, 2.75) is 18.9 Å². The van der Waals surface area contributed by atoms with E-state index in [1.54, 1.807) is 18.2 Å². The van der Waals surface area contributed by atoms with Gasteiger partial charge in [0.15, 0.2) is 0 Å².